The van der Waals surface area contributed by atoms with E-state index in [9.17, 15) is 0 Å². The average molecular weight is 613 g/mol. The van der Waals surface area contributed by atoms with Crippen molar-refractivity contribution < 1.29 is 33.2 Å². The highest BCUT2D eigenvalue weighted by Crippen LogP contribution is 2.41. The van der Waals surface area contributed by atoms with E-state index in [2.05, 4.69) is 66.7 Å². The number of ether oxygens (including phenoxy) is 7. The average Bonchev–Trinajstić information content (AvgIpc) is 4.00. The summed E-state index contributed by atoms with van der Waals surface area (Å²) in [5.41, 5.74) is 2.07. The standard InChI is InChI=1S/C39H32O7/c1-2-27(15-28-16-30(8-3-24(1)28)41-20-34-21-42-34)39-36-19-33(11-6-26(36)7-12-37(39)44-23-35-22-43-35)45-31-9-4-25-5-10-32(18-29(25)17-31)46-38-13-14-40-38/h1-12,15-19,34-35,38H,13-14,20-23H2/t34?,35-,38?/m0/s1. The molecule has 7 nitrogen and oxygen atoms in total. The van der Waals surface area contributed by atoms with Crippen molar-refractivity contribution in [3.05, 3.63) is 103 Å². The molecule has 2 unspecified atom stereocenters. The lowest BCUT2D eigenvalue weighted by atomic mass is 9.95. The minimum Gasteiger partial charge on any atom is -0.491 e. The second kappa shape index (κ2) is 11.5. The van der Waals surface area contributed by atoms with Crippen LogP contribution in [0.1, 0.15) is 6.42 Å². The number of rotatable bonds is 11. The Labute approximate surface area is 266 Å². The molecular formula is C39H32O7. The molecule has 0 N–H and O–H groups in total. The summed E-state index contributed by atoms with van der Waals surface area (Å²) in [6.07, 6.45) is 1.11. The first-order valence-electron chi connectivity index (χ1n) is 15.8. The maximum Gasteiger partial charge on any atom is 0.202 e. The van der Waals surface area contributed by atoms with Gasteiger partial charge in [-0.3, -0.25) is 0 Å². The van der Waals surface area contributed by atoms with Gasteiger partial charge in [0.2, 0.25) is 6.29 Å². The first kappa shape index (κ1) is 27.5. The first-order valence-corrected chi connectivity index (χ1v) is 15.8. The molecule has 0 saturated carbocycles. The molecule has 0 radical (unpaired) electrons. The smallest absolute Gasteiger partial charge is 0.202 e. The highest BCUT2D eigenvalue weighted by molar-refractivity contribution is 6.02. The van der Waals surface area contributed by atoms with Gasteiger partial charge in [-0.05, 0) is 98.5 Å². The van der Waals surface area contributed by atoms with Crippen molar-refractivity contribution in [3.63, 3.8) is 0 Å². The van der Waals surface area contributed by atoms with Gasteiger partial charge >= 0.3 is 0 Å². The van der Waals surface area contributed by atoms with Crippen molar-refractivity contribution in [2.45, 2.75) is 24.9 Å². The molecule has 0 amide bonds. The molecule has 3 atom stereocenters. The summed E-state index contributed by atoms with van der Waals surface area (Å²) in [4.78, 5) is 0. The van der Waals surface area contributed by atoms with Gasteiger partial charge in [-0.25, -0.2) is 0 Å². The Balaban J connectivity index is 1.07. The van der Waals surface area contributed by atoms with E-state index in [4.69, 9.17) is 33.2 Å². The minimum absolute atomic E-state index is 0.144. The molecule has 3 aliphatic heterocycles. The molecule has 3 heterocycles. The van der Waals surface area contributed by atoms with Crippen molar-refractivity contribution in [1.82, 2.24) is 0 Å². The molecule has 3 aliphatic rings. The van der Waals surface area contributed by atoms with E-state index in [1.807, 2.05) is 36.4 Å². The highest BCUT2D eigenvalue weighted by atomic mass is 16.7. The summed E-state index contributed by atoms with van der Waals surface area (Å²) in [5.74, 6) is 3.93. The molecule has 6 aromatic rings. The van der Waals surface area contributed by atoms with Crippen LogP contribution in [-0.4, -0.2) is 51.5 Å². The van der Waals surface area contributed by atoms with E-state index in [0.29, 0.717) is 13.2 Å². The lowest BCUT2D eigenvalue weighted by Crippen LogP contribution is -2.32. The Kier molecular flexibility index (Phi) is 6.88. The zero-order chi connectivity index (χ0) is 30.5. The number of epoxide rings is 2. The predicted molar refractivity (Wildman–Crippen MR) is 176 cm³/mol. The quantitative estimate of drug-likeness (QED) is 0.136. The normalized spacial score (nSPS) is 20.0. The Bertz CT molecular complexity index is 2080. The summed E-state index contributed by atoms with van der Waals surface area (Å²) in [6, 6.07) is 35.2. The monoisotopic (exact) mass is 612 g/mol. The zero-order valence-corrected chi connectivity index (χ0v) is 25.1. The van der Waals surface area contributed by atoms with Gasteiger partial charge in [0.05, 0.1) is 19.8 Å². The Hall–Kier alpha value is -4.82. The number of hydrogen-bond donors (Lipinski definition) is 0. The fraction of sp³-hybridized carbons (Fsp3) is 0.231. The van der Waals surface area contributed by atoms with Crippen LogP contribution in [-0.2, 0) is 14.2 Å². The summed E-state index contributed by atoms with van der Waals surface area (Å²) >= 11 is 0. The van der Waals surface area contributed by atoms with Crippen molar-refractivity contribution in [3.8, 4) is 39.9 Å². The molecule has 0 aliphatic carbocycles. The van der Waals surface area contributed by atoms with E-state index >= 15 is 0 Å². The van der Waals surface area contributed by atoms with Crippen LogP contribution in [0.5, 0.6) is 28.7 Å². The van der Waals surface area contributed by atoms with Gasteiger partial charge in [0.15, 0.2) is 0 Å². The number of hydrogen-bond acceptors (Lipinski definition) is 7. The SMILES string of the molecule is c1cc2ccc(-c3c(OC[C@@H]4CO4)ccc4ccc(Oc5ccc6ccc(OC7CCO7)cc6c5)cc34)cc2cc1OCC1CO1. The van der Waals surface area contributed by atoms with Gasteiger partial charge in [0, 0.05) is 12.0 Å². The maximum absolute atomic E-state index is 6.47. The van der Waals surface area contributed by atoms with Gasteiger partial charge in [0.25, 0.3) is 0 Å². The number of fused-ring (bicyclic) bond motifs is 3. The van der Waals surface area contributed by atoms with Crippen LogP contribution in [0.25, 0.3) is 43.4 Å². The molecule has 6 aromatic carbocycles. The second-order valence-corrected chi connectivity index (χ2v) is 12.1. The lowest BCUT2D eigenvalue weighted by molar-refractivity contribution is -0.165. The molecule has 0 aromatic heterocycles. The molecule has 46 heavy (non-hydrogen) atoms. The first-order chi connectivity index (χ1) is 22.7. The minimum atomic E-state index is -0.158. The van der Waals surface area contributed by atoms with Crippen LogP contribution < -0.4 is 18.9 Å². The molecule has 3 fully saturated rings. The van der Waals surface area contributed by atoms with Crippen LogP contribution in [0.4, 0.5) is 0 Å². The molecule has 3 saturated heterocycles. The van der Waals surface area contributed by atoms with E-state index < -0.39 is 0 Å². The van der Waals surface area contributed by atoms with Crippen LogP contribution in [0.15, 0.2) is 103 Å². The fourth-order valence-corrected chi connectivity index (χ4v) is 5.87. The third-order valence-electron chi connectivity index (χ3n) is 8.66. The van der Waals surface area contributed by atoms with Gasteiger partial charge in [0.1, 0.15) is 54.2 Å². The van der Waals surface area contributed by atoms with E-state index in [-0.39, 0.29) is 18.5 Å². The zero-order valence-electron chi connectivity index (χ0n) is 25.1. The predicted octanol–water partition coefficient (Wildman–Crippen LogP) is 8.29. The van der Waals surface area contributed by atoms with Gasteiger partial charge < -0.3 is 33.2 Å². The van der Waals surface area contributed by atoms with Crippen LogP contribution >= 0.6 is 0 Å². The summed E-state index contributed by atoms with van der Waals surface area (Å²) < 4.78 is 41.0. The molecule has 9 rings (SSSR count). The third-order valence-corrected chi connectivity index (χ3v) is 8.66. The molecular weight excluding hydrogens is 580 g/mol. The van der Waals surface area contributed by atoms with Crippen molar-refractivity contribution in [2.75, 3.05) is 33.0 Å². The summed E-state index contributed by atoms with van der Waals surface area (Å²) in [7, 11) is 0. The summed E-state index contributed by atoms with van der Waals surface area (Å²) in [5, 5.41) is 6.52. The van der Waals surface area contributed by atoms with Gasteiger partial charge in [-0.1, -0.05) is 42.5 Å². The van der Waals surface area contributed by atoms with Crippen molar-refractivity contribution >= 4 is 32.3 Å². The van der Waals surface area contributed by atoms with Crippen LogP contribution in [0.3, 0.4) is 0 Å². The topological polar surface area (TPSA) is 71.2 Å². The highest BCUT2D eigenvalue weighted by Gasteiger charge is 2.25. The van der Waals surface area contributed by atoms with Gasteiger partial charge in [-0.2, -0.15) is 0 Å². The summed E-state index contributed by atoms with van der Waals surface area (Å²) in [6.45, 7) is 3.34. The van der Waals surface area contributed by atoms with E-state index in [1.54, 1.807) is 0 Å². The Morgan fingerprint density at radius 2 is 1.13 bits per heavy atom. The lowest BCUT2D eigenvalue weighted by Gasteiger charge is -2.26. The van der Waals surface area contributed by atoms with Crippen molar-refractivity contribution in [1.29, 1.82) is 0 Å². The van der Waals surface area contributed by atoms with E-state index in [1.165, 1.54) is 0 Å². The maximum atomic E-state index is 6.47. The largest absolute Gasteiger partial charge is 0.491 e. The van der Waals surface area contributed by atoms with Crippen molar-refractivity contribution in [2.24, 2.45) is 0 Å². The molecule has 0 spiro atoms. The Morgan fingerprint density at radius 1 is 0.543 bits per heavy atom. The van der Waals surface area contributed by atoms with Crippen LogP contribution in [0.2, 0.25) is 0 Å². The molecule has 0 bridgehead atoms. The molecule has 230 valence electrons. The third kappa shape index (κ3) is 5.81. The molecule has 7 heteroatoms. The van der Waals surface area contributed by atoms with Crippen LogP contribution in [0, 0.1) is 0 Å². The van der Waals surface area contributed by atoms with E-state index in [0.717, 1.165) is 98.4 Å². The second-order valence-electron chi connectivity index (χ2n) is 12.1. The Morgan fingerprint density at radius 3 is 1.87 bits per heavy atom. The van der Waals surface area contributed by atoms with Gasteiger partial charge in [-0.15, -0.1) is 0 Å². The number of benzene rings is 6. The fourth-order valence-electron chi connectivity index (χ4n) is 5.87.